The monoisotopic (exact) mass is 491 g/mol. The van der Waals surface area contributed by atoms with Gasteiger partial charge in [0.2, 0.25) is 23.6 Å². The molecule has 1 aromatic heterocycles. The zero-order valence-corrected chi connectivity index (χ0v) is 21.0. The van der Waals surface area contributed by atoms with Crippen LogP contribution >= 0.6 is 0 Å². The molecule has 1 aromatic carbocycles. The third-order valence-electron chi connectivity index (χ3n) is 6.37. The molecule has 188 valence electrons. The third-order valence-corrected chi connectivity index (χ3v) is 6.37. The van der Waals surface area contributed by atoms with Gasteiger partial charge in [-0.2, -0.15) is 0 Å². The first-order valence-electron chi connectivity index (χ1n) is 11.8. The summed E-state index contributed by atoms with van der Waals surface area (Å²) in [5, 5.41) is 2.56. The molecular weight excluding hydrogens is 462 g/mol. The molecule has 10 heteroatoms. The largest absolute Gasteiger partial charge is 0.476 e. The summed E-state index contributed by atoms with van der Waals surface area (Å²) in [5.74, 6) is 1.85. The molecule has 0 bridgehead atoms. The predicted octanol–water partition coefficient (Wildman–Crippen LogP) is 3.07. The van der Waals surface area contributed by atoms with Crippen molar-refractivity contribution >= 4 is 29.7 Å². The van der Waals surface area contributed by atoms with Crippen LogP contribution in [-0.2, 0) is 19.7 Å². The van der Waals surface area contributed by atoms with Gasteiger partial charge >= 0.3 is 0 Å². The topological polar surface area (TPSA) is 120 Å². The minimum absolute atomic E-state index is 0.211. The van der Waals surface area contributed by atoms with Crippen LogP contribution < -0.4 is 5.32 Å². The van der Waals surface area contributed by atoms with Crippen LogP contribution in [0, 0.1) is 6.92 Å². The molecule has 2 aromatic rings. The van der Waals surface area contributed by atoms with Gasteiger partial charge in [-0.05, 0) is 39.3 Å². The van der Waals surface area contributed by atoms with Crippen LogP contribution in [0.5, 0.6) is 0 Å². The van der Waals surface area contributed by atoms with Crippen molar-refractivity contribution in [3.63, 3.8) is 0 Å². The number of rotatable bonds is 6. The van der Waals surface area contributed by atoms with Gasteiger partial charge in [-0.15, -0.1) is 0 Å². The van der Waals surface area contributed by atoms with E-state index in [-0.39, 0.29) is 24.8 Å². The Labute approximate surface area is 209 Å². The molecule has 3 aliphatic heterocycles. The van der Waals surface area contributed by atoms with Gasteiger partial charge in [0.05, 0.1) is 0 Å². The molecule has 0 saturated heterocycles. The van der Waals surface area contributed by atoms with Crippen LogP contribution in [0.25, 0.3) is 6.08 Å². The molecule has 0 radical (unpaired) electrons. The lowest BCUT2D eigenvalue weighted by Crippen LogP contribution is -2.35. The first-order valence-corrected chi connectivity index (χ1v) is 11.8. The van der Waals surface area contributed by atoms with E-state index in [2.05, 4.69) is 10.3 Å². The number of benzene rings is 1. The molecule has 0 saturated carbocycles. The molecule has 1 amide bonds. The van der Waals surface area contributed by atoms with E-state index in [0.717, 1.165) is 5.56 Å². The summed E-state index contributed by atoms with van der Waals surface area (Å²) in [6.45, 7) is 8.17. The van der Waals surface area contributed by atoms with E-state index in [1.165, 1.54) is 0 Å². The van der Waals surface area contributed by atoms with Crippen LogP contribution in [0.2, 0.25) is 0 Å². The fourth-order valence-corrected chi connectivity index (χ4v) is 4.17. The molecular formula is C26H29N5O5. The number of amides is 1. The van der Waals surface area contributed by atoms with Gasteiger partial charge in [-0.25, -0.2) is 20.0 Å². The predicted molar refractivity (Wildman–Crippen MR) is 134 cm³/mol. The van der Waals surface area contributed by atoms with Crippen molar-refractivity contribution < 1.29 is 23.4 Å². The first kappa shape index (κ1) is 23.8. The molecule has 10 nitrogen and oxygen atoms in total. The van der Waals surface area contributed by atoms with E-state index in [1.54, 1.807) is 14.0 Å². The van der Waals surface area contributed by atoms with Gasteiger partial charge in [-0.1, -0.05) is 30.3 Å². The maximum atomic E-state index is 12.1. The Bertz CT molecular complexity index is 1310. The average molecular weight is 492 g/mol. The second-order valence-electron chi connectivity index (χ2n) is 9.72. The van der Waals surface area contributed by atoms with Crippen molar-refractivity contribution in [2.45, 2.75) is 44.3 Å². The van der Waals surface area contributed by atoms with Gasteiger partial charge in [0.1, 0.15) is 25.6 Å². The number of carbonyl (C=O) groups excluding carboxylic acids is 1. The number of carbonyl (C=O) groups is 1. The summed E-state index contributed by atoms with van der Waals surface area (Å²) >= 11 is 0. The van der Waals surface area contributed by atoms with Crippen LogP contribution in [0.1, 0.15) is 48.5 Å². The third kappa shape index (κ3) is 4.16. The molecule has 36 heavy (non-hydrogen) atoms. The SMILES string of the molecule is CNC(=O)c1nc([C@]2(C)COC([C@]3(C)COC([C@]4(C)COC(/C=C/c5ccccc5)=N4)=N3)=N2)oc1C. The number of hydrogen-bond acceptors (Lipinski definition) is 9. The van der Waals surface area contributed by atoms with Gasteiger partial charge in [-0.3, -0.25) is 4.79 Å². The zero-order chi connectivity index (χ0) is 25.6. The summed E-state index contributed by atoms with van der Waals surface area (Å²) in [5.41, 5.74) is -1.18. The van der Waals surface area contributed by atoms with E-state index in [4.69, 9.17) is 33.6 Å². The molecule has 3 aliphatic rings. The Morgan fingerprint density at radius 1 is 0.889 bits per heavy atom. The summed E-state index contributed by atoms with van der Waals surface area (Å²) < 4.78 is 23.6. The lowest BCUT2D eigenvalue weighted by molar-refractivity contribution is 0.0957. The number of aliphatic imine (C=N–C) groups is 3. The minimum Gasteiger partial charge on any atom is -0.476 e. The first-order chi connectivity index (χ1) is 17.1. The van der Waals surface area contributed by atoms with Gasteiger partial charge in [0, 0.05) is 13.1 Å². The second kappa shape index (κ2) is 8.61. The lowest BCUT2D eigenvalue weighted by Gasteiger charge is -2.17. The highest BCUT2D eigenvalue weighted by Gasteiger charge is 2.51. The fourth-order valence-electron chi connectivity index (χ4n) is 4.17. The highest BCUT2D eigenvalue weighted by molar-refractivity contribution is 6.01. The van der Waals surface area contributed by atoms with Crippen LogP contribution in [0.15, 0.2) is 55.8 Å². The number of aromatic nitrogens is 1. The number of nitrogens with one attached hydrogen (secondary N) is 1. The van der Waals surface area contributed by atoms with E-state index < -0.39 is 16.6 Å². The van der Waals surface area contributed by atoms with Crippen molar-refractivity contribution in [3.8, 4) is 0 Å². The summed E-state index contributed by atoms with van der Waals surface area (Å²) in [7, 11) is 1.55. The van der Waals surface area contributed by atoms with Crippen molar-refractivity contribution in [1.82, 2.24) is 10.3 Å². The molecule has 0 spiro atoms. The maximum Gasteiger partial charge on any atom is 0.273 e. The van der Waals surface area contributed by atoms with E-state index in [1.807, 2.05) is 63.3 Å². The van der Waals surface area contributed by atoms with Crippen molar-refractivity contribution in [2.75, 3.05) is 26.9 Å². The Morgan fingerprint density at radius 3 is 2.19 bits per heavy atom. The average Bonchev–Trinajstić information content (AvgIpc) is 3.65. The molecule has 0 fully saturated rings. The second-order valence-corrected chi connectivity index (χ2v) is 9.72. The smallest absolute Gasteiger partial charge is 0.273 e. The van der Waals surface area contributed by atoms with E-state index >= 15 is 0 Å². The summed E-state index contributed by atoms with van der Waals surface area (Å²) in [6, 6.07) is 9.95. The Morgan fingerprint density at radius 2 is 1.50 bits per heavy atom. The Balaban J connectivity index is 1.36. The van der Waals surface area contributed by atoms with Crippen LogP contribution in [-0.4, -0.2) is 66.5 Å². The fraction of sp³-hybridized carbons (Fsp3) is 0.423. The standard InChI is InChI=1S/C26H29N5O5/c1-16-19(20(32)27-5)28-21(36-16)24(2)14-34-23(30-24)26(4)15-35-22(31-26)25(3)13-33-18(29-25)12-11-17-9-7-6-8-10-17/h6-12H,13-15H2,1-5H3,(H,27,32)/b12-11+/t24-,25-,26-/m0/s1. The quantitative estimate of drug-likeness (QED) is 0.663. The number of aryl methyl sites for hydroxylation is 1. The van der Waals surface area contributed by atoms with Crippen molar-refractivity contribution in [3.05, 3.63) is 59.3 Å². The summed E-state index contributed by atoms with van der Waals surface area (Å²) in [4.78, 5) is 30.8. The number of oxazole rings is 1. The molecule has 1 N–H and O–H groups in total. The number of ether oxygens (including phenoxy) is 3. The molecule has 0 aliphatic carbocycles. The van der Waals surface area contributed by atoms with Crippen molar-refractivity contribution in [2.24, 2.45) is 15.0 Å². The van der Waals surface area contributed by atoms with Crippen LogP contribution in [0.3, 0.4) is 0 Å². The van der Waals surface area contributed by atoms with Crippen molar-refractivity contribution in [1.29, 1.82) is 0 Å². The Hall–Kier alpha value is -3.95. The zero-order valence-electron chi connectivity index (χ0n) is 21.0. The van der Waals surface area contributed by atoms with Crippen LogP contribution in [0.4, 0.5) is 0 Å². The Kier molecular flexibility index (Phi) is 5.69. The lowest BCUT2D eigenvalue weighted by atomic mass is 10.0. The molecule has 5 rings (SSSR count). The molecule has 4 heterocycles. The van der Waals surface area contributed by atoms with E-state index in [9.17, 15) is 4.79 Å². The van der Waals surface area contributed by atoms with Gasteiger partial charge in [0.25, 0.3) is 5.91 Å². The molecule has 3 atom stereocenters. The number of nitrogens with zero attached hydrogens (tertiary/aromatic N) is 4. The van der Waals surface area contributed by atoms with Gasteiger partial charge in [0.15, 0.2) is 22.3 Å². The van der Waals surface area contributed by atoms with E-state index in [0.29, 0.717) is 36.0 Å². The van der Waals surface area contributed by atoms with Gasteiger partial charge < -0.3 is 23.9 Å². The summed E-state index contributed by atoms with van der Waals surface area (Å²) in [6.07, 6.45) is 3.80. The highest BCUT2D eigenvalue weighted by Crippen LogP contribution is 2.37. The maximum absolute atomic E-state index is 12.1. The normalized spacial score (nSPS) is 29.3. The minimum atomic E-state index is -0.887. The highest BCUT2D eigenvalue weighted by atomic mass is 16.5. The number of hydrogen-bond donors (Lipinski definition) is 1. The molecule has 0 unspecified atom stereocenters.